The van der Waals surface area contributed by atoms with E-state index in [1.54, 1.807) is 30.8 Å². The lowest BCUT2D eigenvalue weighted by molar-refractivity contribution is -0.127. The summed E-state index contributed by atoms with van der Waals surface area (Å²) >= 11 is 0. The predicted molar refractivity (Wildman–Crippen MR) is 137 cm³/mol. The molecule has 2 amide bonds. The second-order valence-corrected chi connectivity index (χ2v) is 8.88. The molecule has 2 aromatic heterocycles. The van der Waals surface area contributed by atoms with E-state index in [-0.39, 0.29) is 18.4 Å². The van der Waals surface area contributed by atoms with Crippen LogP contribution in [0, 0.1) is 6.92 Å². The van der Waals surface area contributed by atoms with E-state index in [4.69, 9.17) is 9.15 Å². The number of benzene rings is 2. The van der Waals surface area contributed by atoms with Crippen LogP contribution in [0.1, 0.15) is 42.9 Å². The Labute approximate surface area is 210 Å². The molecule has 9 nitrogen and oxygen atoms in total. The number of carbonyl (C=O) groups excluding carboxylic acids is 2. The Balaban J connectivity index is 1.76. The molecule has 36 heavy (non-hydrogen) atoms. The molecule has 2 heterocycles. The number of aryl methyl sites for hydroxylation is 1. The van der Waals surface area contributed by atoms with Crippen LogP contribution in [0.5, 0.6) is 0 Å². The summed E-state index contributed by atoms with van der Waals surface area (Å²) in [7, 11) is 1.56. The molecule has 1 N–H and O–H groups in total. The molecule has 1 atom stereocenters. The molecule has 0 aliphatic carbocycles. The average molecular weight is 490 g/mol. The van der Waals surface area contributed by atoms with E-state index in [0.717, 1.165) is 11.1 Å². The summed E-state index contributed by atoms with van der Waals surface area (Å²) in [4.78, 5) is 28.9. The van der Waals surface area contributed by atoms with Gasteiger partial charge in [0.05, 0.1) is 12.1 Å². The Morgan fingerprint density at radius 2 is 1.83 bits per heavy atom. The Morgan fingerprint density at radius 3 is 2.50 bits per heavy atom. The summed E-state index contributed by atoms with van der Waals surface area (Å²) < 4.78 is 12.5. The van der Waals surface area contributed by atoms with Gasteiger partial charge in [0.15, 0.2) is 6.04 Å². The fourth-order valence-corrected chi connectivity index (χ4v) is 4.04. The molecule has 0 radical (unpaired) electrons. The quantitative estimate of drug-likeness (QED) is 0.338. The number of aromatic nitrogens is 3. The topological polar surface area (TPSA) is 102 Å². The fraction of sp³-hybridized carbons (Fsp3) is 0.333. The number of amides is 2. The van der Waals surface area contributed by atoms with Crippen molar-refractivity contribution in [2.24, 2.45) is 0 Å². The molecule has 9 heteroatoms. The van der Waals surface area contributed by atoms with Gasteiger partial charge in [-0.15, -0.1) is 5.10 Å². The third-order valence-corrected chi connectivity index (χ3v) is 5.95. The minimum Gasteiger partial charge on any atom is -0.464 e. The van der Waals surface area contributed by atoms with E-state index >= 15 is 0 Å². The van der Waals surface area contributed by atoms with E-state index in [2.05, 4.69) is 29.5 Å². The first kappa shape index (κ1) is 25.1. The van der Waals surface area contributed by atoms with Gasteiger partial charge in [0.2, 0.25) is 5.91 Å². The highest BCUT2D eigenvalue weighted by Crippen LogP contribution is 2.31. The molecular weight excluding hydrogens is 458 g/mol. The highest BCUT2D eigenvalue weighted by molar-refractivity contribution is 6.01. The molecule has 188 valence electrons. The summed E-state index contributed by atoms with van der Waals surface area (Å²) in [5.74, 6) is 0.636. The van der Waals surface area contributed by atoms with Crippen molar-refractivity contribution in [3.8, 4) is 0 Å². The zero-order valence-electron chi connectivity index (χ0n) is 21.0. The maximum atomic E-state index is 13.9. The molecule has 0 spiro atoms. The van der Waals surface area contributed by atoms with Gasteiger partial charge in [-0.25, -0.2) is 4.68 Å². The third-order valence-electron chi connectivity index (χ3n) is 5.95. The lowest BCUT2D eigenvalue weighted by Crippen LogP contribution is -2.45. The Bertz CT molecular complexity index is 1330. The Morgan fingerprint density at radius 1 is 1.08 bits per heavy atom. The normalized spacial score (nSPS) is 12.1. The Hall–Kier alpha value is -3.98. The van der Waals surface area contributed by atoms with Crippen molar-refractivity contribution in [3.05, 3.63) is 77.7 Å². The summed E-state index contributed by atoms with van der Waals surface area (Å²) in [5.41, 5.74) is 3.13. The van der Waals surface area contributed by atoms with Crippen LogP contribution in [0.15, 0.2) is 65.1 Å². The van der Waals surface area contributed by atoms with Gasteiger partial charge in [-0.3, -0.25) is 14.5 Å². The lowest BCUT2D eigenvalue weighted by Gasteiger charge is -2.30. The first-order chi connectivity index (χ1) is 17.4. The van der Waals surface area contributed by atoms with E-state index in [1.807, 2.05) is 48.5 Å². The standard InChI is InChI=1S/C27H31N5O4/c1-18(2)20-10-12-21(13-11-20)32(25(33)17-31-23-8-6-5-7-22(23)29-30-31)26(24-14-9-19(3)36-24)27(34)28-15-16-35-4/h5-14,18,26H,15-17H2,1-4H3,(H,28,34)/t26-/m1/s1. The van der Waals surface area contributed by atoms with Crippen molar-refractivity contribution in [1.29, 1.82) is 0 Å². The highest BCUT2D eigenvalue weighted by atomic mass is 16.5. The van der Waals surface area contributed by atoms with Gasteiger partial charge >= 0.3 is 0 Å². The number of nitrogens with one attached hydrogen (secondary N) is 1. The smallest absolute Gasteiger partial charge is 0.251 e. The minimum absolute atomic E-state index is 0.103. The molecule has 0 bridgehead atoms. The van der Waals surface area contributed by atoms with Crippen LogP contribution in [0.25, 0.3) is 11.0 Å². The van der Waals surface area contributed by atoms with Crippen molar-refractivity contribution in [2.75, 3.05) is 25.2 Å². The number of furan rings is 1. The van der Waals surface area contributed by atoms with Crippen molar-refractivity contribution in [3.63, 3.8) is 0 Å². The van der Waals surface area contributed by atoms with Gasteiger partial charge in [-0.05, 0) is 54.8 Å². The second-order valence-electron chi connectivity index (χ2n) is 8.88. The van der Waals surface area contributed by atoms with Crippen LogP contribution in [-0.4, -0.2) is 47.1 Å². The first-order valence-electron chi connectivity index (χ1n) is 11.9. The van der Waals surface area contributed by atoms with Gasteiger partial charge in [-0.2, -0.15) is 0 Å². The first-order valence-corrected chi connectivity index (χ1v) is 11.9. The number of para-hydroxylation sites is 1. The molecule has 0 fully saturated rings. The van der Waals surface area contributed by atoms with Crippen LogP contribution < -0.4 is 10.2 Å². The monoisotopic (exact) mass is 489 g/mol. The van der Waals surface area contributed by atoms with Gasteiger partial charge in [0, 0.05) is 19.3 Å². The number of ether oxygens (including phenoxy) is 1. The second kappa shape index (κ2) is 11.2. The number of anilines is 1. The van der Waals surface area contributed by atoms with Crippen LogP contribution in [0.3, 0.4) is 0 Å². The van der Waals surface area contributed by atoms with Gasteiger partial charge < -0.3 is 14.5 Å². The minimum atomic E-state index is -1.03. The maximum Gasteiger partial charge on any atom is 0.251 e. The molecule has 4 aromatic rings. The number of rotatable bonds is 10. The zero-order valence-corrected chi connectivity index (χ0v) is 21.0. The van der Waals surface area contributed by atoms with Crippen LogP contribution >= 0.6 is 0 Å². The number of carbonyl (C=O) groups is 2. The van der Waals surface area contributed by atoms with Gasteiger partial charge in [0.1, 0.15) is 23.6 Å². The Kier molecular flexibility index (Phi) is 7.80. The summed E-state index contributed by atoms with van der Waals surface area (Å²) in [5, 5.41) is 11.2. The van der Waals surface area contributed by atoms with Crippen molar-refractivity contribution in [1.82, 2.24) is 20.3 Å². The summed E-state index contributed by atoms with van der Waals surface area (Å²) in [6.45, 7) is 6.55. The number of fused-ring (bicyclic) bond motifs is 1. The third kappa shape index (κ3) is 5.46. The van der Waals surface area contributed by atoms with Crippen molar-refractivity contribution < 1.29 is 18.7 Å². The fourth-order valence-electron chi connectivity index (χ4n) is 4.04. The molecule has 0 aliphatic rings. The molecule has 0 unspecified atom stereocenters. The number of hydrogen-bond donors (Lipinski definition) is 1. The zero-order chi connectivity index (χ0) is 25.7. The molecule has 0 saturated carbocycles. The largest absolute Gasteiger partial charge is 0.464 e. The van der Waals surface area contributed by atoms with Crippen LogP contribution in [0.2, 0.25) is 0 Å². The van der Waals surface area contributed by atoms with Gasteiger partial charge in [-0.1, -0.05) is 43.3 Å². The molecule has 0 aliphatic heterocycles. The summed E-state index contributed by atoms with van der Waals surface area (Å²) in [6.07, 6.45) is 0. The van der Waals surface area contributed by atoms with E-state index < -0.39 is 6.04 Å². The van der Waals surface area contributed by atoms with Crippen molar-refractivity contribution in [2.45, 2.75) is 39.3 Å². The number of nitrogens with zero attached hydrogens (tertiary/aromatic N) is 4. The van der Waals surface area contributed by atoms with E-state index in [1.165, 1.54) is 4.90 Å². The van der Waals surface area contributed by atoms with Gasteiger partial charge in [0.25, 0.3) is 5.91 Å². The van der Waals surface area contributed by atoms with Crippen LogP contribution in [0.4, 0.5) is 5.69 Å². The molecule has 2 aromatic carbocycles. The highest BCUT2D eigenvalue weighted by Gasteiger charge is 2.35. The molecule has 0 saturated heterocycles. The number of hydrogen-bond acceptors (Lipinski definition) is 6. The molecule has 4 rings (SSSR count). The van der Waals surface area contributed by atoms with Crippen molar-refractivity contribution >= 4 is 28.5 Å². The maximum absolute atomic E-state index is 13.9. The van der Waals surface area contributed by atoms with Crippen LogP contribution in [-0.2, 0) is 20.9 Å². The lowest BCUT2D eigenvalue weighted by atomic mass is 10.0. The predicted octanol–water partition coefficient (Wildman–Crippen LogP) is 3.99. The average Bonchev–Trinajstić information content (AvgIpc) is 3.48. The number of methoxy groups -OCH3 is 1. The molecular formula is C27H31N5O4. The van der Waals surface area contributed by atoms with E-state index in [0.29, 0.717) is 41.8 Å². The SMILES string of the molecule is COCCNC(=O)[C@@H](c1ccc(C)o1)N(C(=O)Cn1nnc2ccccc21)c1ccc(C(C)C)cc1. The van der Waals surface area contributed by atoms with E-state index in [9.17, 15) is 9.59 Å². The summed E-state index contributed by atoms with van der Waals surface area (Å²) in [6, 6.07) is 17.6.